The molecule has 1 aromatic rings. The van der Waals surface area contributed by atoms with Crippen LogP contribution in [-0.4, -0.2) is 152 Å². The number of carbonyl (C=O) groups is 4. The number of amides is 3. The molecule has 2 unspecified atom stereocenters. The van der Waals surface area contributed by atoms with Crippen molar-refractivity contribution in [1.29, 1.82) is 0 Å². The molecule has 2 fully saturated rings. The van der Waals surface area contributed by atoms with Crippen LogP contribution in [0.3, 0.4) is 0 Å². The second-order valence-corrected chi connectivity index (χ2v) is 12.3. The number of rotatable bonds is 15. The molecule has 0 saturated carbocycles. The van der Waals surface area contributed by atoms with Gasteiger partial charge in [0.15, 0.2) is 18.7 Å². The molecule has 2 heterocycles. The van der Waals surface area contributed by atoms with E-state index >= 15 is 0 Å². The van der Waals surface area contributed by atoms with Gasteiger partial charge in [0.25, 0.3) is 0 Å². The summed E-state index contributed by atoms with van der Waals surface area (Å²) in [5, 5.41) is 75.8. The van der Waals surface area contributed by atoms with E-state index in [4.69, 9.17) is 29.2 Å². The minimum Gasteiger partial charge on any atom is -0.479 e. The Morgan fingerprint density at radius 3 is 1.57 bits per heavy atom. The van der Waals surface area contributed by atoms with Crippen LogP contribution in [0.4, 0.5) is 0 Å². The van der Waals surface area contributed by atoms with Crippen LogP contribution in [0.2, 0.25) is 0 Å². The summed E-state index contributed by atoms with van der Waals surface area (Å²) in [6.07, 6.45) is -11.7. The van der Waals surface area contributed by atoms with Gasteiger partial charge in [0.2, 0.25) is 17.7 Å². The highest BCUT2D eigenvalue weighted by atomic mass is 16.6. The van der Waals surface area contributed by atoms with Crippen LogP contribution in [0.15, 0.2) is 30.3 Å². The summed E-state index contributed by atoms with van der Waals surface area (Å²) in [5.74, 6) is -2.45. The highest BCUT2D eigenvalue weighted by Crippen LogP contribution is 2.25. The topological polar surface area (TPSA) is 283 Å². The number of aliphatic carboxylic acids is 1. The molecule has 0 bridgehead atoms. The first kappa shape index (κ1) is 43.9. The van der Waals surface area contributed by atoms with Crippen molar-refractivity contribution in [2.45, 2.75) is 133 Å². The fourth-order valence-corrected chi connectivity index (χ4v) is 5.35. The molecule has 2 saturated heterocycles. The number of carboxylic acid groups (broad SMARTS) is 1. The second kappa shape index (κ2) is 21.3. The van der Waals surface area contributed by atoms with E-state index in [2.05, 4.69) is 16.0 Å². The quantitative estimate of drug-likeness (QED) is 0.0878. The summed E-state index contributed by atoms with van der Waals surface area (Å²) in [5.41, 5.74) is 1.08. The fourth-order valence-electron chi connectivity index (χ4n) is 5.35. The minimum atomic E-state index is -1.54. The van der Waals surface area contributed by atoms with E-state index in [1.165, 1.54) is 13.8 Å². The van der Waals surface area contributed by atoms with Crippen molar-refractivity contribution in [3.63, 3.8) is 0 Å². The Morgan fingerprint density at radius 2 is 1.18 bits per heavy atom. The van der Waals surface area contributed by atoms with E-state index in [-0.39, 0.29) is 24.8 Å². The van der Waals surface area contributed by atoms with Gasteiger partial charge in [0, 0.05) is 18.9 Å². The van der Waals surface area contributed by atoms with E-state index in [1.807, 2.05) is 37.3 Å². The highest BCUT2D eigenvalue weighted by Gasteiger charge is 2.48. The van der Waals surface area contributed by atoms with Crippen LogP contribution < -0.4 is 16.0 Å². The molecule has 10 N–H and O–H groups in total. The van der Waals surface area contributed by atoms with E-state index in [1.54, 1.807) is 13.8 Å². The predicted octanol–water partition coefficient (Wildman–Crippen LogP) is -2.72. The maximum absolute atomic E-state index is 12.6. The van der Waals surface area contributed by atoms with Gasteiger partial charge < -0.3 is 70.6 Å². The molecule has 3 amide bonds. The monoisotopic (exact) mass is 731 g/mol. The molecule has 0 radical (unpaired) electrons. The average Bonchev–Trinajstić information content (AvgIpc) is 3.10. The SMILES string of the molecule is CCC(=O)N[C@H]1C(O)O[C@H](CO)[C@@H](O)[C@@H]1O[C@H](C)C(=O)N[C@@H](C)Cc1ccccc1.CCC(=O)N[C@H]1C(O)O[C@H](CO)[C@@H](O)[C@@H]1O[C@H](C)C(=O)O. The summed E-state index contributed by atoms with van der Waals surface area (Å²) < 4.78 is 21.1. The van der Waals surface area contributed by atoms with Gasteiger partial charge >= 0.3 is 5.97 Å². The Kier molecular flexibility index (Phi) is 18.3. The maximum Gasteiger partial charge on any atom is 0.332 e. The fraction of sp³-hybridized carbons (Fsp3) is 0.697. The van der Waals surface area contributed by atoms with E-state index < -0.39 is 104 Å². The summed E-state index contributed by atoms with van der Waals surface area (Å²) in [4.78, 5) is 46.7. The largest absolute Gasteiger partial charge is 0.479 e. The molecule has 0 aliphatic carbocycles. The van der Waals surface area contributed by atoms with Gasteiger partial charge in [-0.25, -0.2) is 4.79 Å². The lowest BCUT2D eigenvalue weighted by Crippen LogP contribution is -2.65. The molecule has 1 aromatic carbocycles. The van der Waals surface area contributed by atoms with Crippen LogP contribution in [0.25, 0.3) is 0 Å². The maximum atomic E-state index is 12.6. The Hall–Kier alpha value is -3.30. The van der Waals surface area contributed by atoms with Crippen molar-refractivity contribution in [2.75, 3.05) is 13.2 Å². The lowest BCUT2D eigenvalue weighted by molar-refractivity contribution is -0.267. The van der Waals surface area contributed by atoms with Gasteiger partial charge in [0.1, 0.15) is 54.8 Å². The molecule has 290 valence electrons. The summed E-state index contributed by atoms with van der Waals surface area (Å²) in [6, 6.07) is 7.33. The third kappa shape index (κ3) is 13.0. The number of benzene rings is 1. The predicted molar refractivity (Wildman–Crippen MR) is 176 cm³/mol. The lowest BCUT2D eigenvalue weighted by Gasteiger charge is -2.43. The van der Waals surface area contributed by atoms with Crippen LogP contribution in [-0.2, 0) is 44.5 Å². The van der Waals surface area contributed by atoms with Gasteiger partial charge in [-0.15, -0.1) is 0 Å². The number of hydrogen-bond acceptors (Lipinski definition) is 14. The van der Waals surface area contributed by atoms with E-state index in [9.17, 15) is 44.7 Å². The Bertz CT molecular complexity index is 1240. The van der Waals surface area contributed by atoms with Crippen molar-refractivity contribution < 1.29 is 73.9 Å². The van der Waals surface area contributed by atoms with Crippen LogP contribution in [0.5, 0.6) is 0 Å². The zero-order chi connectivity index (χ0) is 38.4. The number of aliphatic hydroxyl groups is 6. The molecule has 13 atom stereocenters. The van der Waals surface area contributed by atoms with Crippen LogP contribution in [0.1, 0.15) is 53.0 Å². The first-order chi connectivity index (χ1) is 24.1. The van der Waals surface area contributed by atoms with Crippen LogP contribution in [0, 0.1) is 0 Å². The van der Waals surface area contributed by atoms with Gasteiger partial charge in [0.05, 0.1) is 13.2 Å². The Balaban J connectivity index is 0.000000377. The average molecular weight is 732 g/mol. The number of aliphatic hydroxyl groups excluding tert-OH is 6. The lowest BCUT2D eigenvalue weighted by atomic mass is 9.96. The van der Waals surface area contributed by atoms with Gasteiger partial charge in [-0.2, -0.15) is 0 Å². The zero-order valence-electron chi connectivity index (χ0n) is 29.3. The molecule has 2 aliphatic heterocycles. The molecule has 18 heteroatoms. The van der Waals surface area contributed by atoms with Crippen molar-refractivity contribution in [3.8, 4) is 0 Å². The molecule has 0 aromatic heterocycles. The molecule has 2 aliphatic rings. The second-order valence-electron chi connectivity index (χ2n) is 12.3. The standard InChI is InChI=1S/C21H32N2O7.C12H21NO8/c1-4-16(25)23-17-19(18(26)15(11-24)30-21(17)28)29-13(3)20(27)22-12(2)10-14-8-6-5-7-9-14;1-3-7(15)13-8-10(20-5(2)11(17)18)9(16)6(4-14)21-12(8)19/h5-9,12-13,15,17-19,21,24,26,28H,4,10-11H2,1-3H3,(H,22,27)(H,23,25);5-6,8-10,12,14,16,19H,3-4H2,1-2H3,(H,13,15)(H,17,18)/t12-,13+,15+,17+,18+,19+,21?;5-,6-,8-,9-,10-,12?/m01/s1. The van der Waals surface area contributed by atoms with Crippen LogP contribution >= 0.6 is 0 Å². The zero-order valence-corrected chi connectivity index (χ0v) is 29.3. The van der Waals surface area contributed by atoms with E-state index in [0.29, 0.717) is 6.42 Å². The molecule has 18 nitrogen and oxygen atoms in total. The molecular weight excluding hydrogens is 678 g/mol. The smallest absolute Gasteiger partial charge is 0.332 e. The first-order valence-electron chi connectivity index (χ1n) is 16.8. The summed E-state index contributed by atoms with van der Waals surface area (Å²) in [6.45, 7) is 6.73. The van der Waals surface area contributed by atoms with Gasteiger partial charge in [-0.3, -0.25) is 14.4 Å². The summed E-state index contributed by atoms with van der Waals surface area (Å²) in [7, 11) is 0. The Labute approximate surface area is 296 Å². The third-order valence-electron chi connectivity index (χ3n) is 8.26. The third-order valence-corrected chi connectivity index (χ3v) is 8.26. The van der Waals surface area contributed by atoms with Crippen molar-refractivity contribution >= 4 is 23.7 Å². The highest BCUT2D eigenvalue weighted by molar-refractivity contribution is 5.80. The first-order valence-corrected chi connectivity index (χ1v) is 16.8. The molecule has 0 spiro atoms. The van der Waals surface area contributed by atoms with Crippen molar-refractivity contribution in [1.82, 2.24) is 16.0 Å². The number of carbonyl (C=O) groups excluding carboxylic acids is 3. The van der Waals surface area contributed by atoms with Gasteiger partial charge in [-0.05, 0) is 32.8 Å². The number of nitrogens with one attached hydrogen (secondary N) is 3. The molecular formula is C33H53N3O15. The number of ether oxygens (including phenoxy) is 4. The number of hydrogen-bond donors (Lipinski definition) is 10. The minimum absolute atomic E-state index is 0.129. The molecule has 51 heavy (non-hydrogen) atoms. The normalized spacial score (nSPS) is 30.8. The Morgan fingerprint density at radius 1 is 0.745 bits per heavy atom. The van der Waals surface area contributed by atoms with E-state index in [0.717, 1.165) is 5.56 Å². The van der Waals surface area contributed by atoms with Crippen molar-refractivity contribution in [3.05, 3.63) is 35.9 Å². The molecule has 3 rings (SSSR count). The number of carboxylic acids is 1. The summed E-state index contributed by atoms with van der Waals surface area (Å²) >= 11 is 0. The van der Waals surface area contributed by atoms with Crippen molar-refractivity contribution in [2.24, 2.45) is 0 Å². The van der Waals surface area contributed by atoms with Gasteiger partial charge in [-0.1, -0.05) is 44.2 Å².